The molecule has 0 aliphatic rings. The Hall–Kier alpha value is -2.86. The first-order valence-electron chi connectivity index (χ1n) is 8.02. The van der Waals surface area contributed by atoms with Crippen LogP contribution in [0.3, 0.4) is 0 Å². The van der Waals surface area contributed by atoms with Gasteiger partial charge < -0.3 is 4.74 Å². The van der Waals surface area contributed by atoms with Gasteiger partial charge in [0.1, 0.15) is 11.3 Å². The molecule has 0 atom stereocenters. The van der Waals surface area contributed by atoms with Gasteiger partial charge in [0.15, 0.2) is 0 Å². The van der Waals surface area contributed by atoms with Crippen LogP contribution in [0.4, 0.5) is 10.5 Å². The molecule has 1 aromatic heterocycles. The Bertz CT molecular complexity index is 1040. The fourth-order valence-electron chi connectivity index (χ4n) is 2.53. The van der Waals surface area contributed by atoms with E-state index in [4.69, 9.17) is 16.3 Å². The van der Waals surface area contributed by atoms with Crippen molar-refractivity contribution < 1.29 is 9.53 Å². The van der Waals surface area contributed by atoms with Crippen LogP contribution in [0.1, 0.15) is 20.8 Å². The van der Waals surface area contributed by atoms with Crippen molar-refractivity contribution in [3.63, 3.8) is 0 Å². The topological polar surface area (TPSA) is 84.1 Å². The Kier molecular flexibility index (Phi) is 4.70. The first-order chi connectivity index (χ1) is 12.2. The first-order valence-corrected chi connectivity index (χ1v) is 8.40. The van der Waals surface area contributed by atoms with Gasteiger partial charge in [-0.2, -0.15) is 5.10 Å². The number of carbonyl (C=O) groups excluding carboxylic acids is 1. The summed E-state index contributed by atoms with van der Waals surface area (Å²) in [4.78, 5) is 23.8. The molecule has 0 unspecified atom stereocenters. The summed E-state index contributed by atoms with van der Waals surface area (Å²) in [5.41, 5.74) is 0.861. The van der Waals surface area contributed by atoms with Crippen LogP contribution in [-0.4, -0.2) is 21.9 Å². The van der Waals surface area contributed by atoms with Crippen molar-refractivity contribution in [2.75, 3.05) is 5.32 Å². The number of nitrogens with one attached hydrogen (secondary N) is 2. The molecule has 0 saturated carbocycles. The van der Waals surface area contributed by atoms with Gasteiger partial charge in [-0.25, -0.2) is 9.89 Å². The molecule has 0 radical (unpaired) electrons. The largest absolute Gasteiger partial charge is 0.444 e. The summed E-state index contributed by atoms with van der Waals surface area (Å²) < 4.78 is 5.22. The maximum absolute atomic E-state index is 11.9. The minimum atomic E-state index is -0.591. The molecule has 0 bridgehead atoms. The number of ether oxygens (including phenoxy) is 1. The molecule has 134 valence electrons. The molecular formula is C19H18ClN3O3. The van der Waals surface area contributed by atoms with Gasteiger partial charge in [0.25, 0.3) is 5.56 Å². The number of hydrogen-bond acceptors (Lipinski definition) is 4. The van der Waals surface area contributed by atoms with E-state index in [0.717, 1.165) is 0 Å². The number of fused-ring (bicyclic) bond motifs is 1. The quantitative estimate of drug-likeness (QED) is 0.690. The number of hydrogen-bond donors (Lipinski definition) is 2. The Morgan fingerprint density at radius 1 is 1.15 bits per heavy atom. The molecule has 0 saturated heterocycles. The highest BCUT2D eigenvalue weighted by Crippen LogP contribution is 2.32. The van der Waals surface area contributed by atoms with Gasteiger partial charge >= 0.3 is 6.09 Å². The van der Waals surface area contributed by atoms with Crippen LogP contribution in [0.2, 0.25) is 5.02 Å². The maximum Gasteiger partial charge on any atom is 0.412 e. The molecule has 0 fully saturated rings. The predicted octanol–water partition coefficient (Wildman–Crippen LogP) is 4.59. The molecule has 26 heavy (non-hydrogen) atoms. The number of rotatable bonds is 2. The molecule has 6 nitrogen and oxygen atoms in total. The van der Waals surface area contributed by atoms with Gasteiger partial charge in [-0.3, -0.25) is 10.1 Å². The number of aromatic amines is 1. The van der Waals surface area contributed by atoms with Crippen LogP contribution in [0.15, 0.2) is 47.3 Å². The summed E-state index contributed by atoms with van der Waals surface area (Å²) in [6.45, 7) is 5.36. The first kappa shape index (κ1) is 17.9. The van der Waals surface area contributed by atoms with E-state index in [0.29, 0.717) is 32.7 Å². The van der Waals surface area contributed by atoms with E-state index >= 15 is 0 Å². The van der Waals surface area contributed by atoms with E-state index < -0.39 is 11.7 Å². The molecule has 1 heterocycles. The molecule has 2 N–H and O–H groups in total. The average molecular weight is 372 g/mol. The number of amides is 1. The van der Waals surface area contributed by atoms with Crippen LogP contribution in [0.5, 0.6) is 0 Å². The van der Waals surface area contributed by atoms with Crippen molar-refractivity contribution >= 4 is 34.2 Å². The normalized spacial score (nSPS) is 11.4. The van der Waals surface area contributed by atoms with E-state index in [9.17, 15) is 9.59 Å². The number of H-pyrrole nitrogens is 1. The van der Waals surface area contributed by atoms with E-state index in [-0.39, 0.29) is 5.56 Å². The van der Waals surface area contributed by atoms with Crippen molar-refractivity contribution in [1.29, 1.82) is 0 Å². The van der Waals surface area contributed by atoms with E-state index in [1.807, 2.05) is 12.1 Å². The fraction of sp³-hybridized carbons (Fsp3) is 0.211. The van der Waals surface area contributed by atoms with Gasteiger partial charge in [0, 0.05) is 16.6 Å². The van der Waals surface area contributed by atoms with Crippen molar-refractivity contribution in [3.05, 3.63) is 57.8 Å². The minimum Gasteiger partial charge on any atom is -0.444 e. The molecule has 1 amide bonds. The van der Waals surface area contributed by atoms with Crippen LogP contribution < -0.4 is 10.9 Å². The van der Waals surface area contributed by atoms with Crippen LogP contribution in [0.25, 0.3) is 22.0 Å². The zero-order chi connectivity index (χ0) is 18.9. The van der Waals surface area contributed by atoms with Gasteiger partial charge in [0.2, 0.25) is 0 Å². The highest BCUT2D eigenvalue weighted by Gasteiger charge is 2.17. The highest BCUT2D eigenvalue weighted by molar-refractivity contribution is 6.34. The molecule has 0 spiro atoms. The van der Waals surface area contributed by atoms with Crippen LogP contribution in [0, 0.1) is 0 Å². The molecule has 0 aliphatic heterocycles. The molecular weight excluding hydrogens is 354 g/mol. The zero-order valence-electron chi connectivity index (χ0n) is 14.6. The van der Waals surface area contributed by atoms with Crippen molar-refractivity contribution in [2.24, 2.45) is 0 Å². The second-order valence-corrected chi connectivity index (χ2v) is 7.18. The zero-order valence-corrected chi connectivity index (χ0v) is 15.3. The lowest BCUT2D eigenvalue weighted by molar-refractivity contribution is 0.0636. The van der Waals surface area contributed by atoms with Gasteiger partial charge in [0.05, 0.1) is 10.4 Å². The van der Waals surface area contributed by atoms with E-state index in [2.05, 4.69) is 15.5 Å². The summed E-state index contributed by atoms with van der Waals surface area (Å²) in [5, 5.41) is 10.9. The summed E-state index contributed by atoms with van der Waals surface area (Å²) >= 11 is 6.40. The third kappa shape index (κ3) is 3.86. The number of nitrogens with zero attached hydrogens (tertiary/aromatic N) is 1. The summed E-state index contributed by atoms with van der Waals surface area (Å²) in [5.74, 6) is 0. The molecule has 2 aromatic carbocycles. The van der Waals surface area contributed by atoms with Gasteiger partial charge in [-0.15, -0.1) is 0 Å². The number of anilines is 1. The number of carbonyl (C=O) groups is 1. The summed E-state index contributed by atoms with van der Waals surface area (Å²) in [6.07, 6.45) is -0.561. The smallest absolute Gasteiger partial charge is 0.412 e. The minimum absolute atomic E-state index is 0.260. The second-order valence-electron chi connectivity index (χ2n) is 6.77. The lowest BCUT2D eigenvalue weighted by Gasteiger charge is -2.19. The second kappa shape index (κ2) is 6.80. The Morgan fingerprint density at radius 3 is 2.50 bits per heavy atom. The highest BCUT2D eigenvalue weighted by atomic mass is 35.5. The third-order valence-electron chi connectivity index (χ3n) is 3.57. The molecule has 3 aromatic rings. The molecule has 3 rings (SSSR count). The van der Waals surface area contributed by atoms with Crippen LogP contribution >= 0.6 is 11.6 Å². The lowest BCUT2D eigenvalue weighted by Crippen LogP contribution is -2.27. The van der Waals surface area contributed by atoms with E-state index in [1.165, 1.54) is 0 Å². The SMILES string of the molecule is CC(C)(C)OC(=O)Nc1ccc(-c2n[nH]c(=O)c3ccccc23)c(Cl)c1. The monoisotopic (exact) mass is 371 g/mol. The van der Waals surface area contributed by atoms with Crippen molar-refractivity contribution in [3.8, 4) is 11.3 Å². The molecule has 7 heteroatoms. The number of halogens is 1. The fourth-order valence-corrected chi connectivity index (χ4v) is 2.80. The average Bonchev–Trinajstić information content (AvgIpc) is 2.54. The number of aromatic nitrogens is 2. The Morgan fingerprint density at radius 2 is 1.85 bits per heavy atom. The third-order valence-corrected chi connectivity index (χ3v) is 3.88. The summed E-state index contributed by atoms with van der Waals surface area (Å²) in [6, 6.07) is 12.2. The predicted molar refractivity (Wildman–Crippen MR) is 103 cm³/mol. The Labute approximate surface area is 155 Å². The summed E-state index contributed by atoms with van der Waals surface area (Å²) in [7, 11) is 0. The van der Waals surface area contributed by atoms with Gasteiger partial charge in [-0.05, 0) is 45.0 Å². The van der Waals surface area contributed by atoms with Crippen molar-refractivity contribution in [1.82, 2.24) is 10.2 Å². The molecule has 0 aliphatic carbocycles. The lowest BCUT2D eigenvalue weighted by atomic mass is 10.0. The Balaban J connectivity index is 1.95. The number of benzene rings is 2. The van der Waals surface area contributed by atoms with Crippen molar-refractivity contribution in [2.45, 2.75) is 26.4 Å². The standard InChI is InChI=1S/C19H18ClN3O3/c1-19(2,3)26-18(25)21-11-8-9-14(15(20)10-11)16-12-6-4-5-7-13(12)17(24)23-22-16/h4-10H,1-3H3,(H,21,25)(H,23,24). The van der Waals surface area contributed by atoms with E-state index in [1.54, 1.807) is 51.1 Å². The van der Waals surface area contributed by atoms with Gasteiger partial charge in [-0.1, -0.05) is 29.8 Å². The van der Waals surface area contributed by atoms with Crippen LogP contribution in [-0.2, 0) is 4.74 Å². The maximum atomic E-state index is 11.9.